The summed E-state index contributed by atoms with van der Waals surface area (Å²) in [4.78, 5) is 4.51. The predicted molar refractivity (Wildman–Crippen MR) is 157 cm³/mol. The monoisotopic (exact) mass is 621 g/mol. The number of pyridine rings is 1. The van der Waals surface area contributed by atoms with E-state index < -0.39 is 29.8 Å². The summed E-state index contributed by atoms with van der Waals surface area (Å²) in [5.74, 6) is -0.297. The molecule has 0 bridgehead atoms. The predicted octanol–water partition coefficient (Wildman–Crippen LogP) is 7.33. The van der Waals surface area contributed by atoms with Crippen molar-refractivity contribution in [1.29, 1.82) is 0 Å². The summed E-state index contributed by atoms with van der Waals surface area (Å²) in [5, 5.41) is 6.39. The highest BCUT2D eigenvalue weighted by Crippen LogP contribution is 2.35. The lowest BCUT2D eigenvalue weighted by Crippen LogP contribution is -2.41. The van der Waals surface area contributed by atoms with E-state index >= 15 is 4.39 Å². The first-order chi connectivity index (χ1) is 17.3. The van der Waals surface area contributed by atoms with E-state index in [-0.39, 0.29) is 12.2 Å². The molecule has 4 rings (SSSR count). The first-order valence-corrected chi connectivity index (χ1v) is 17.8. The van der Waals surface area contributed by atoms with Crippen molar-refractivity contribution < 1.29 is 13.1 Å². The summed E-state index contributed by atoms with van der Waals surface area (Å²) >= 11 is 9.62. The molecule has 0 saturated heterocycles. The van der Waals surface area contributed by atoms with Gasteiger partial charge in [0, 0.05) is 28.5 Å². The van der Waals surface area contributed by atoms with Gasteiger partial charge in [0.05, 0.1) is 35.5 Å². The van der Waals surface area contributed by atoms with Gasteiger partial charge in [-0.15, -0.1) is 0 Å². The van der Waals surface area contributed by atoms with Crippen LogP contribution in [-0.2, 0) is 17.4 Å². The number of benzene rings is 2. The van der Waals surface area contributed by atoms with Crippen LogP contribution >= 0.6 is 27.5 Å². The molecule has 0 aliphatic carbocycles. The van der Waals surface area contributed by atoms with E-state index in [4.69, 9.17) is 16.1 Å². The highest BCUT2D eigenvalue weighted by molar-refractivity contribution is 9.10. The molecule has 0 radical (unpaired) electrons. The lowest BCUT2D eigenvalue weighted by molar-refractivity contribution is 0.459. The van der Waals surface area contributed by atoms with Crippen molar-refractivity contribution in [3.63, 3.8) is 0 Å². The Hall–Kier alpha value is -1.91. The fourth-order valence-electron chi connectivity index (χ4n) is 4.07. The van der Waals surface area contributed by atoms with Crippen LogP contribution in [-0.4, -0.2) is 27.2 Å². The van der Waals surface area contributed by atoms with Crippen LogP contribution in [0.3, 0.4) is 0 Å². The molecule has 2 heterocycles. The second-order valence-electron chi connectivity index (χ2n) is 11.0. The molecule has 0 aliphatic heterocycles. The first kappa shape index (κ1) is 28.1. The molecule has 0 unspecified atom stereocenters. The fourth-order valence-corrected chi connectivity index (χ4v) is 7.08. The molecule has 10 heteroatoms. The molecular weight excluding hydrogens is 593 g/mol. The van der Waals surface area contributed by atoms with Gasteiger partial charge in [0.2, 0.25) is 0 Å². The molecule has 0 spiro atoms. The Morgan fingerprint density at radius 1 is 1.16 bits per heavy atom. The van der Waals surface area contributed by atoms with Gasteiger partial charge < -0.3 is 4.52 Å². The Kier molecular flexibility index (Phi) is 8.12. The summed E-state index contributed by atoms with van der Waals surface area (Å²) in [5.41, 5.74) is 3.15. The van der Waals surface area contributed by atoms with Gasteiger partial charge in [-0.1, -0.05) is 60.7 Å². The van der Waals surface area contributed by atoms with Crippen molar-refractivity contribution in [1.82, 2.24) is 14.9 Å². The molecule has 0 saturated carbocycles. The number of nitrogens with zero attached hydrogens (tertiary/aromatic N) is 2. The smallest absolute Gasteiger partial charge is 0.169 e. The Labute approximate surface area is 233 Å². The van der Waals surface area contributed by atoms with E-state index in [2.05, 4.69) is 50.4 Å². The largest absolute Gasteiger partial charge is 0.356 e. The van der Waals surface area contributed by atoms with Crippen LogP contribution in [0.5, 0.6) is 0 Å². The summed E-state index contributed by atoms with van der Waals surface area (Å²) in [6.07, 6.45) is 0.198. The summed E-state index contributed by atoms with van der Waals surface area (Å²) in [6, 6.07) is 14.3. The van der Waals surface area contributed by atoms with Crippen LogP contribution in [0.4, 0.5) is 4.39 Å². The van der Waals surface area contributed by atoms with Gasteiger partial charge in [0.1, 0.15) is 16.1 Å². The summed E-state index contributed by atoms with van der Waals surface area (Å²) < 4.78 is 38.0. The van der Waals surface area contributed by atoms with Crippen molar-refractivity contribution in [2.45, 2.75) is 57.6 Å². The normalized spacial score (nSPS) is 14.2. The van der Waals surface area contributed by atoms with E-state index in [1.54, 1.807) is 18.2 Å². The number of rotatable bonds is 7. The van der Waals surface area contributed by atoms with Gasteiger partial charge in [-0.2, -0.15) is 0 Å². The number of halogens is 3. The number of hydrogen-bond donors (Lipinski definition) is 1. The van der Waals surface area contributed by atoms with Gasteiger partial charge in [0.25, 0.3) is 0 Å². The quantitative estimate of drug-likeness (QED) is 0.173. The topological polar surface area (TPSA) is 68.0 Å². The minimum Gasteiger partial charge on any atom is -0.356 e. The van der Waals surface area contributed by atoms with Crippen LogP contribution < -0.4 is 9.91 Å². The Balaban J connectivity index is 1.86. The number of hydrogen-bond acceptors (Lipinski definition) is 4. The van der Waals surface area contributed by atoms with Crippen molar-refractivity contribution in [3.8, 4) is 11.3 Å². The van der Waals surface area contributed by atoms with Gasteiger partial charge in [-0.05, 0) is 65.7 Å². The van der Waals surface area contributed by atoms with Crippen molar-refractivity contribution in [3.05, 3.63) is 75.2 Å². The summed E-state index contributed by atoms with van der Waals surface area (Å²) in [6.45, 7) is 12.0. The standard InChI is InChI=1S/C27H30BrClFN3O2SSi/c1-27(2,3)36(34)33-20(14-21-25(30)23(37(4,5)6)15-24(28)31-21)17-9-7-8-10-18(17)26-19-12-11-16(29)13-22(19)35-32-26/h7-13,15,20,33H,14H2,1-6H3/t20-,36-/m0/s1. The van der Waals surface area contributed by atoms with Crippen LogP contribution in [0, 0.1) is 5.82 Å². The molecule has 2 aromatic heterocycles. The van der Waals surface area contributed by atoms with Crippen LogP contribution in [0.15, 0.2) is 57.7 Å². The zero-order valence-electron chi connectivity index (χ0n) is 21.7. The molecule has 5 nitrogen and oxygen atoms in total. The maximum atomic E-state index is 15.8. The average molecular weight is 623 g/mol. The van der Waals surface area contributed by atoms with Crippen LogP contribution in [0.1, 0.15) is 38.1 Å². The van der Waals surface area contributed by atoms with Gasteiger partial charge >= 0.3 is 0 Å². The van der Waals surface area contributed by atoms with E-state index in [0.29, 0.717) is 31.8 Å². The lowest BCUT2D eigenvalue weighted by Gasteiger charge is -2.27. The Morgan fingerprint density at radius 3 is 2.54 bits per heavy atom. The number of fused-ring (bicyclic) bond motifs is 1. The average Bonchev–Trinajstić information content (AvgIpc) is 3.22. The number of nitrogens with one attached hydrogen (secondary N) is 1. The van der Waals surface area contributed by atoms with Crippen molar-refractivity contribution in [2.75, 3.05) is 0 Å². The van der Waals surface area contributed by atoms with Gasteiger partial charge in [-0.3, -0.25) is 0 Å². The maximum Gasteiger partial charge on any atom is 0.169 e. The molecule has 4 aromatic rings. The SMILES string of the molecule is CC(C)(C)[S@](=O)N[C@@H](Cc1nc(Br)cc([Si](C)(C)C)c1F)c1ccccc1-c1noc2cc(Cl)ccc12. The third kappa shape index (κ3) is 6.22. The second-order valence-corrected chi connectivity index (χ2v) is 19.3. The molecule has 0 fully saturated rings. The van der Waals surface area contributed by atoms with Crippen LogP contribution in [0.25, 0.3) is 22.2 Å². The summed E-state index contributed by atoms with van der Waals surface area (Å²) in [7, 11) is -3.41. The molecule has 2 atom stereocenters. The zero-order valence-corrected chi connectivity index (χ0v) is 25.8. The first-order valence-electron chi connectivity index (χ1n) is 11.9. The van der Waals surface area contributed by atoms with E-state index in [0.717, 1.165) is 16.5 Å². The highest BCUT2D eigenvalue weighted by atomic mass is 79.9. The van der Waals surface area contributed by atoms with E-state index in [9.17, 15) is 4.21 Å². The Morgan fingerprint density at radius 2 is 1.86 bits per heavy atom. The molecule has 1 N–H and O–H groups in total. The maximum absolute atomic E-state index is 15.8. The lowest BCUT2D eigenvalue weighted by atomic mass is 9.94. The van der Waals surface area contributed by atoms with Gasteiger partial charge in [-0.25, -0.2) is 18.3 Å². The van der Waals surface area contributed by atoms with Crippen molar-refractivity contribution >= 4 is 62.7 Å². The molecule has 0 aliphatic rings. The van der Waals surface area contributed by atoms with E-state index in [1.807, 2.05) is 51.1 Å². The number of aromatic nitrogens is 2. The minimum atomic E-state index is -1.98. The highest BCUT2D eigenvalue weighted by Gasteiger charge is 2.30. The second kappa shape index (κ2) is 10.7. The fraction of sp³-hybridized carbons (Fsp3) is 0.333. The molecule has 196 valence electrons. The third-order valence-corrected chi connectivity index (χ3v) is 10.3. The van der Waals surface area contributed by atoms with Crippen LogP contribution in [0.2, 0.25) is 24.7 Å². The Bertz CT molecular complexity index is 1480. The molecule has 2 aromatic carbocycles. The molecular formula is C27H30BrClFN3O2SSi. The van der Waals surface area contributed by atoms with Gasteiger partial charge in [0.15, 0.2) is 5.58 Å². The van der Waals surface area contributed by atoms with Crippen molar-refractivity contribution in [2.24, 2.45) is 0 Å². The van der Waals surface area contributed by atoms with E-state index in [1.165, 1.54) is 0 Å². The minimum absolute atomic E-state index is 0.198. The third-order valence-electron chi connectivity index (χ3n) is 6.03. The molecule has 37 heavy (non-hydrogen) atoms. The zero-order chi connectivity index (χ0) is 27.1. The molecule has 0 amide bonds.